The van der Waals surface area contributed by atoms with Gasteiger partial charge in [0.25, 0.3) is 0 Å². The van der Waals surface area contributed by atoms with Crippen LogP contribution in [0.2, 0.25) is 0 Å². The first kappa shape index (κ1) is 21.3. The Morgan fingerprint density at radius 1 is 1.34 bits per heavy atom. The molecule has 7 nitrogen and oxygen atoms in total. The highest BCUT2D eigenvalue weighted by Gasteiger charge is 2.36. The summed E-state index contributed by atoms with van der Waals surface area (Å²) in [6, 6.07) is 8.64. The fourth-order valence-electron chi connectivity index (χ4n) is 3.14. The quantitative estimate of drug-likeness (QED) is 0.669. The van der Waals surface area contributed by atoms with E-state index in [0.29, 0.717) is 18.1 Å². The third-order valence-electron chi connectivity index (χ3n) is 4.66. The van der Waals surface area contributed by atoms with Gasteiger partial charge >= 0.3 is 0 Å². The van der Waals surface area contributed by atoms with Gasteiger partial charge in [0.2, 0.25) is 17.7 Å². The molecule has 3 rings (SSSR count). The summed E-state index contributed by atoms with van der Waals surface area (Å²) in [5.74, 6) is -0.386. The third-order valence-corrected chi connectivity index (χ3v) is 6.18. The molecule has 154 valence electrons. The highest BCUT2D eigenvalue weighted by molar-refractivity contribution is 7.98. The molecule has 1 fully saturated rings. The molecular weight excluding hydrogens is 408 g/mol. The summed E-state index contributed by atoms with van der Waals surface area (Å²) in [4.78, 5) is 43.7. The summed E-state index contributed by atoms with van der Waals surface area (Å²) in [7, 11) is 0. The van der Waals surface area contributed by atoms with Crippen LogP contribution in [0.1, 0.15) is 18.5 Å². The number of thioether (sulfide) groups is 1. The topological polar surface area (TPSA) is 91.4 Å². The molecule has 2 N–H and O–H groups in total. The number of carbonyl (C=O) groups excluding carboxylic acids is 3. The van der Waals surface area contributed by atoms with Gasteiger partial charge in [0.15, 0.2) is 5.13 Å². The predicted octanol–water partition coefficient (Wildman–Crippen LogP) is 2.68. The van der Waals surface area contributed by atoms with E-state index in [4.69, 9.17) is 0 Å². The third kappa shape index (κ3) is 5.57. The molecule has 3 amide bonds. The summed E-state index contributed by atoms with van der Waals surface area (Å²) in [6.45, 7) is 2.17. The van der Waals surface area contributed by atoms with E-state index in [1.165, 1.54) is 11.3 Å². The van der Waals surface area contributed by atoms with Crippen molar-refractivity contribution in [3.8, 4) is 0 Å². The van der Waals surface area contributed by atoms with E-state index >= 15 is 0 Å². The Morgan fingerprint density at radius 2 is 2.10 bits per heavy atom. The number of benzene rings is 1. The number of nitrogens with zero attached hydrogens (tertiary/aromatic N) is 2. The van der Waals surface area contributed by atoms with E-state index in [1.807, 2.05) is 48.9 Å². The van der Waals surface area contributed by atoms with Gasteiger partial charge in [-0.1, -0.05) is 18.2 Å². The SMILES string of the molecule is CSCC[C@H](NC(=O)C1CC(=O)N(c2ccccc2)C1)C(=O)Nc1nc(C)cs1. The van der Waals surface area contributed by atoms with Crippen molar-refractivity contribution in [3.63, 3.8) is 0 Å². The standard InChI is InChI=1S/C20H24N4O3S2/c1-13-12-29-20(21-13)23-19(27)16(8-9-28-2)22-18(26)14-10-17(25)24(11-14)15-6-4-3-5-7-15/h3-7,12,14,16H,8-11H2,1-2H3,(H,22,26)(H,21,23,27)/t14?,16-/m0/s1. The van der Waals surface area contributed by atoms with Crippen LogP contribution in [-0.4, -0.2) is 47.3 Å². The molecule has 0 bridgehead atoms. The average Bonchev–Trinajstić information content (AvgIpc) is 3.30. The van der Waals surface area contributed by atoms with E-state index in [-0.39, 0.29) is 24.1 Å². The van der Waals surface area contributed by atoms with Gasteiger partial charge in [0.1, 0.15) is 6.04 Å². The van der Waals surface area contributed by atoms with Crippen LogP contribution in [0.4, 0.5) is 10.8 Å². The van der Waals surface area contributed by atoms with Crippen molar-refractivity contribution in [2.45, 2.75) is 25.8 Å². The Hall–Kier alpha value is -2.39. The minimum absolute atomic E-state index is 0.0836. The largest absolute Gasteiger partial charge is 0.344 e. The molecule has 1 aliphatic heterocycles. The van der Waals surface area contributed by atoms with Crippen LogP contribution in [0, 0.1) is 12.8 Å². The molecule has 1 aromatic heterocycles. The number of carbonyl (C=O) groups is 3. The van der Waals surface area contributed by atoms with Crippen LogP contribution in [0.15, 0.2) is 35.7 Å². The second-order valence-corrected chi connectivity index (χ2v) is 8.71. The molecule has 2 atom stereocenters. The van der Waals surface area contributed by atoms with Gasteiger partial charge in [0, 0.05) is 24.0 Å². The zero-order chi connectivity index (χ0) is 20.8. The maximum atomic E-state index is 12.8. The van der Waals surface area contributed by atoms with Crippen LogP contribution in [-0.2, 0) is 14.4 Å². The van der Waals surface area contributed by atoms with Crippen LogP contribution in [0.25, 0.3) is 0 Å². The summed E-state index contributed by atoms with van der Waals surface area (Å²) in [5.41, 5.74) is 1.61. The lowest BCUT2D eigenvalue weighted by Crippen LogP contribution is -2.46. The summed E-state index contributed by atoms with van der Waals surface area (Å²) in [6.07, 6.45) is 2.60. The zero-order valence-electron chi connectivity index (χ0n) is 16.4. The Morgan fingerprint density at radius 3 is 2.76 bits per heavy atom. The number of anilines is 2. The molecule has 2 heterocycles. The molecule has 0 radical (unpaired) electrons. The molecule has 1 unspecified atom stereocenters. The first-order valence-electron chi connectivity index (χ1n) is 9.35. The van der Waals surface area contributed by atoms with Gasteiger partial charge in [-0.25, -0.2) is 4.98 Å². The number of aryl methyl sites for hydroxylation is 1. The molecule has 1 saturated heterocycles. The Kier molecular flexibility index (Phi) is 7.27. The minimum Gasteiger partial charge on any atom is -0.344 e. The van der Waals surface area contributed by atoms with E-state index in [0.717, 1.165) is 17.1 Å². The monoisotopic (exact) mass is 432 g/mol. The van der Waals surface area contributed by atoms with E-state index < -0.39 is 12.0 Å². The zero-order valence-corrected chi connectivity index (χ0v) is 18.0. The van der Waals surface area contributed by atoms with Crippen molar-refractivity contribution in [3.05, 3.63) is 41.4 Å². The van der Waals surface area contributed by atoms with E-state index in [9.17, 15) is 14.4 Å². The summed E-state index contributed by atoms with van der Waals surface area (Å²) in [5, 5.41) is 8.00. The van der Waals surface area contributed by atoms with Gasteiger partial charge < -0.3 is 15.5 Å². The van der Waals surface area contributed by atoms with Crippen molar-refractivity contribution >= 4 is 51.6 Å². The smallest absolute Gasteiger partial charge is 0.248 e. The van der Waals surface area contributed by atoms with E-state index in [2.05, 4.69) is 15.6 Å². The Balaban J connectivity index is 1.63. The minimum atomic E-state index is -0.667. The molecule has 1 aliphatic rings. The maximum Gasteiger partial charge on any atom is 0.248 e. The normalized spacial score (nSPS) is 17.2. The first-order chi connectivity index (χ1) is 14.0. The molecule has 29 heavy (non-hydrogen) atoms. The molecule has 2 aromatic rings. The average molecular weight is 433 g/mol. The van der Waals surface area contributed by atoms with Crippen LogP contribution >= 0.6 is 23.1 Å². The fourth-order valence-corrected chi connectivity index (χ4v) is 4.30. The highest BCUT2D eigenvalue weighted by atomic mass is 32.2. The van der Waals surface area contributed by atoms with Gasteiger partial charge in [0.05, 0.1) is 11.6 Å². The van der Waals surface area contributed by atoms with Crippen molar-refractivity contribution < 1.29 is 14.4 Å². The van der Waals surface area contributed by atoms with E-state index in [1.54, 1.807) is 16.7 Å². The van der Waals surface area contributed by atoms with Gasteiger partial charge in [-0.15, -0.1) is 11.3 Å². The van der Waals surface area contributed by atoms with Crippen molar-refractivity contribution in [2.24, 2.45) is 5.92 Å². The number of rotatable bonds is 8. The number of hydrogen-bond donors (Lipinski definition) is 2. The van der Waals surface area contributed by atoms with Gasteiger partial charge in [-0.2, -0.15) is 11.8 Å². The maximum absolute atomic E-state index is 12.8. The van der Waals surface area contributed by atoms with Gasteiger partial charge in [-0.05, 0) is 37.5 Å². The Bertz CT molecular complexity index is 872. The summed E-state index contributed by atoms with van der Waals surface area (Å²) < 4.78 is 0. The lowest BCUT2D eigenvalue weighted by atomic mass is 10.1. The summed E-state index contributed by atoms with van der Waals surface area (Å²) >= 11 is 2.96. The number of para-hydroxylation sites is 1. The molecule has 1 aromatic carbocycles. The number of hydrogen-bond acceptors (Lipinski definition) is 6. The predicted molar refractivity (Wildman–Crippen MR) is 117 cm³/mol. The van der Waals surface area contributed by atoms with Crippen molar-refractivity contribution in [1.82, 2.24) is 10.3 Å². The van der Waals surface area contributed by atoms with Crippen LogP contribution in [0.5, 0.6) is 0 Å². The van der Waals surface area contributed by atoms with Crippen molar-refractivity contribution in [1.29, 1.82) is 0 Å². The number of thiazole rings is 1. The lowest BCUT2D eigenvalue weighted by Gasteiger charge is -2.20. The second kappa shape index (κ2) is 9.89. The lowest BCUT2D eigenvalue weighted by molar-refractivity contribution is -0.129. The Labute approximate surface area is 178 Å². The molecule has 0 aliphatic carbocycles. The number of amides is 3. The second-order valence-electron chi connectivity index (χ2n) is 6.87. The van der Waals surface area contributed by atoms with Crippen molar-refractivity contribution in [2.75, 3.05) is 28.8 Å². The molecule has 0 saturated carbocycles. The molecular formula is C20H24N4O3S2. The molecule has 9 heteroatoms. The number of aromatic nitrogens is 1. The van der Waals surface area contributed by atoms with Crippen LogP contribution < -0.4 is 15.5 Å². The van der Waals surface area contributed by atoms with Crippen LogP contribution in [0.3, 0.4) is 0 Å². The highest BCUT2D eigenvalue weighted by Crippen LogP contribution is 2.25. The fraction of sp³-hybridized carbons (Fsp3) is 0.400. The first-order valence-corrected chi connectivity index (χ1v) is 11.6. The molecule has 0 spiro atoms. The van der Waals surface area contributed by atoms with Gasteiger partial charge in [-0.3, -0.25) is 14.4 Å². The number of nitrogens with one attached hydrogen (secondary N) is 2.